The SMILES string of the molecule is CC(C)(C)c1ccc(-c2cc(-c3cccc4c5ccccc5c5ccccc5c5cccc6c5n(c34)[CH-]N6c3[c-]c(Oc4[c-]c5c(cc4)c4ccccc4n5-c4cc(C(C)(C)C)ccn4)cc([Si](C)(C)C)c3)cc(C(C)(C)C)c2)cc1.[Pt]. The van der Waals surface area contributed by atoms with Gasteiger partial charge in [0.05, 0.1) is 8.07 Å². The quantitative estimate of drug-likeness (QED) is 0.118. The van der Waals surface area contributed by atoms with Gasteiger partial charge in [0.2, 0.25) is 0 Å². The van der Waals surface area contributed by atoms with Crippen LogP contribution < -0.4 is 14.8 Å². The normalized spacial score (nSPS) is 12.9. The minimum Gasteiger partial charge on any atom is -0.509 e. The fraction of sp³-hybridized carbons (Fsp3) is 0.200. The van der Waals surface area contributed by atoms with Crippen LogP contribution in [-0.2, 0) is 37.3 Å². The summed E-state index contributed by atoms with van der Waals surface area (Å²) in [6.45, 7) is 30.1. The molecular weight excluding hydrogens is 1200 g/mol. The molecule has 0 spiro atoms. The molecule has 1 aliphatic heterocycles. The Morgan fingerprint density at radius 3 is 1.70 bits per heavy atom. The topological polar surface area (TPSA) is 35.2 Å². The Hall–Kier alpha value is -7.89. The van der Waals surface area contributed by atoms with Gasteiger partial charge >= 0.3 is 0 Å². The maximum atomic E-state index is 7.07. The molecule has 0 amide bonds. The monoisotopic (exact) mass is 1260 g/mol. The molecule has 0 N–H and O–H groups in total. The molecule has 7 heteroatoms. The molecule has 0 bridgehead atoms. The fourth-order valence-corrected chi connectivity index (χ4v) is 13.1. The largest absolute Gasteiger partial charge is 0.509 e. The number of ether oxygens (including phenoxy) is 1. The van der Waals surface area contributed by atoms with Crippen LogP contribution in [0.2, 0.25) is 19.6 Å². The second-order valence-electron chi connectivity index (χ2n) is 26.3. The van der Waals surface area contributed by atoms with Crippen LogP contribution in [0.3, 0.4) is 0 Å². The second kappa shape index (κ2) is 20.2. The van der Waals surface area contributed by atoms with Crippen LogP contribution in [0.1, 0.15) is 79.0 Å². The number of aromatic nitrogens is 3. The number of anilines is 2. The van der Waals surface area contributed by atoms with Gasteiger partial charge in [0.1, 0.15) is 5.82 Å². The first-order valence-electron chi connectivity index (χ1n) is 28.5. The van der Waals surface area contributed by atoms with Gasteiger partial charge in [0.15, 0.2) is 0 Å². The average Bonchev–Trinajstić information content (AvgIpc) is 3.42. The van der Waals surface area contributed by atoms with Gasteiger partial charge in [0.25, 0.3) is 0 Å². The van der Waals surface area contributed by atoms with Crippen LogP contribution in [0.5, 0.6) is 11.5 Å². The van der Waals surface area contributed by atoms with E-state index < -0.39 is 8.07 Å². The van der Waals surface area contributed by atoms with Crippen molar-refractivity contribution < 1.29 is 25.8 Å². The van der Waals surface area contributed by atoms with Crippen LogP contribution in [-0.4, -0.2) is 22.2 Å². The van der Waals surface area contributed by atoms with Crippen LogP contribution in [0.4, 0.5) is 11.4 Å². The third-order valence-electron chi connectivity index (χ3n) is 16.5. The molecule has 4 heterocycles. The first kappa shape index (κ1) is 54.7. The molecule has 13 rings (SSSR count). The first-order valence-corrected chi connectivity index (χ1v) is 32.0. The zero-order valence-electron chi connectivity index (χ0n) is 49.1. The molecule has 5 nitrogen and oxygen atoms in total. The van der Waals surface area contributed by atoms with Gasteiger partial charge in [-0.25, -0.2) is 4.98 Å². The Morgan fingerprint density at radius 2 is 1.05 bits per heavy atom. The van der Waals surface area contributed by atoms with Gasteiger partial charge < -0.3 is 18.8 Å². The predicted molar refractivity (Wildman–Crippen MR) is 347 cm³/mol. The standard InChI is InChI=1S/C75H69N4OSi.Pt/c1-73(2,3)51-33-31-48(32-34-51)49-39-50(41-53(40-49)75(7,8)9)58-26-19-27-65-61-23-15-13-21-59(61)60-22-14-16-24-62(60)66-28-20-30-68-72(66)78(71(58)65)47-77(68)54-43-56(45-57(44-54)81(10,11)12)80-55-35-36-64-63-25-17-18-29-67(63)79(69(64)46-55)70-42-52(37-38-76-70)74(4,5)6;/h13-42,44-45,47H,1-12H3;/q-3;. The van der Waals surface area contributed by atoms with Crippen molar-refractivity contribution in [2.45, 2.75) is 98.2 Å². The molecule has 0 saturated heterocycles. The number of pyridine rings is 1. The van der Waals surface area contributed by atoms with Crippen molar-refractivity contribution in [1.29, 1.82) is 0 Å². The Bertz CT molecular complexity index is 4580. The van der Waals surface area contributed by atoms with Gasteiger partial charge in [-0.1, -0.05) is 227 Å². The summed E-state index contributed by atoms with van der Waals surface area (Å²) in [4.78, 5) is 7.30. The average molecular weight is 1270 g/mol. The molecule has 0 fully saturated rings. The third-order valence-corrected chi connectivity index (χ3v) is 18.5. The molecule has 82 heavy (non-hydrogen) atoms. The van der Waals surface area contributed by atoms with Crippen molar-refractivity contribution in [3.8, 4) is 39.6 Å². The minimum atomic E-state index is -1.98. The van der Waals surface area contributed by atoms with Gasteiger partial charge in [-0.15, -0.1) is 35.7 Å². The van der Waals surface area contributed by atoms with Gasteiger partial charge in [0, 0.05) is 50.0 Å². The maximum absolute atomic E-state index is 7.07. The summed E-state index contributed by atoms with van der Waals surface area (Å²) < 4.78 is 11.8. The molecule has 9 aromatic carbocycles. The summed E-state index contributed by atoms with van der Waals surface area (Å²) in [5.74, 6) is 2.11. The van der Waals surface area contributed by atoms with E-state index in [0.717, 1.165) is 66.4 Å². The smallest absolute Gasteiger partial charge is 0.135 e. The summed E-state index contributed by atoms with van der Waals surface area (Å²) in [6.07, 6.45) is 1.92. The predicted octanol–water partition coefficient (Wildman–Crippen LogP) is 20.0. The Balaban J connectivity index is 0.00000665. The fourth-order valence-electron chi connectivity index (χ4n) is 11.9. The summed E-state index contributed by atoms with van der Waals surface area (Å²) >= 11 is 0. The van der Waals surface area contributed by atoms with Crippen molar-refractivity contribution in [2.75, 3.05) is 4.90 Å². The summed E-state index contributed by atoms with van der Waals surface area (Å²) in [5.41, 5.74) is 14.6. The van der Waals surface area contributed by atoms with E-state index in [-0.39, 0.29) is 37.3 Å². The van der Waals surface area contributed by atoms with Crippen LogP contribution in [0.25, 0.3) is 93.2 Å². The molecule has 0 unspecified atom stereocenters. The van der Waals surface area contributed by atoms with Crippen LogP contribution in [0, 0.1) is 18.8 Å². The number of hydrogen-bond donors (Lipinski definition) is 0. The number of fused-ring (bicyclic) bond motifs is 10. The van der Waals surface area contributed by atoms with E-state index in [1.165, 1.54) is 60.1 Å². The number of para-hydroxylation sites is 3. The zero-order chi connectivity index (χ0) is 56.3. The molecule has 0 aliphatic carbocycles. The van der Waals surface area contributed by atoms with E-state index in [9.17, 15) is 0 Å². The number of nitrogens with zero attached hydrogens (tertiary/aromatic N) is 4. The molecule has 0 atom stereocenters. The number of hydrogen-bond acceptors (Lipinski definition) is 3. The molecule has 0 saturated carbocycles. The molecule has 0 radical (unpaired) electrons. The molecule has 412 valence electrons. The summed E-state index contributed by atoms with van der Waals surface area (Å²) in [6, 6.07) is 77.2. The molecular formula is C75H69N4OPtSi-3. The van der Waals surface area contributed by atoms with Gasteiger partial charge in [-0.2, -0.15) is 11.3 Å². The number of benzene rings is 9. The molecule has 3 aromatic heterocycles. The van der Waals surface area contributed by atoms with Crippen molar-refractivity contribution >= 4 is 89.8 Å². The third kappa shape index (κ3) is 9.68. The van der Waals surface area contributed by atoms with Crippen molar-refractivity contribution in [2.24, 2.45) is 0 Å². The number of rotatable bonds is 7. The van der Waals surface area contributed by atoms with E-state index in [2.05, 4.69) is 297 Å². The Labute approximate surface area is 498 Å². The second-order valence-corrected chi connectivity index (χ2v) is 31.3. The van der Waals surface area contributed by atoms with E-state index in [1.54, 1.807) is 0 Å². The van der Waals surface area contributed by atoms with Crippen LogP contribution >= 0.6 is 0 Å². The van der Waals surface area contributed by atoms with E-state index in [0.29, 0.717) is 11.5 Å². The van der Waals surface area contributed by atoms with E-state index in [1.807, 2.05) is 12.3 Å². The van der Waals surface area contributed by atoms with E-state index >= 15 is 0 Å². The van der Waals surface area contributed by atoms with Crippen LogP contribution in [0.15, 0.2) is 194 Å². The van der Waals surface area contributed by atoms with Crippen molar-refractivity contribution in [1.82, 2.24) is 14.1 Å². The minimum absolute atomic E-state index is 0. The molecule has 1 aliphatic rings. The van der Waals surface area contributed by atoms with Gasteiger partial charge in [-0.05, 0) is 141 Å². The van der Waals surface area contributed by atoms with Gasteiger partial charge in [-0.3, -0.25) is 0 Å². The van der Waals surface area contributed by atoms with Crippen molar-refractivity contribution in [3.63, 3.8) is 0 Å². The first-order chi connectivity index (χ1) is 38.7. The van der Waals surface area contributed by atoms with E-state index in [4.69, 9.17) is 9.72 Å². The summed E-state index contributed by atoms with van der Waals surface area (Å²) in [7, 11) is -1.98. The Kier molecular flexibility index (Phi) is 13.5. The summed E-state index contributed by atoms with van der Waals surface area (Å²) in [5, 5.41) is 10.6. The molecule has 12 aromatic rings. The maximum Gasteiger partial charge on any atom is 0.135 e. The zero-order valence-corrected chi connectivity index (χ0v) is 52.3. The van der Waals surface area contributed by atoms with Crippen molar-refractivity contribution in [3.05, 3.63) is 230 Å². The Morgan fingerprint density at radius 1 is 0.463 bits per heavy atom.